The first kappa shape index (κ1) is 15.2. The van der Waals surface area contributed by atoms with E-state index in [1.807, 2.05) is 42.5 Å². The van der Waals surface area contributed by atoms with Crippen LogP contribution < -0.4 is 4.90 Å². The minimum absolute atomic E-state index is 0.875. The van der Waals surface area contributed by atoms with Crippen molar-refractivity contribution in [1.82, 2.24) is 0 Å². The largest absolute Gasteiger partial charge is 0.372 e. The molecule has 0 unspecified atom stereocenters. The van der Waals surface area contributed by atoms with Gasteiger partial charge < -0.3 is 4.90 Å². The van der Waals surface area contributed by atoms with Crippen molar-refractivity contribution in [3.8, 4) is 0 Å². The van der Waals surface area contributed by atoms with Gasteiger partial charge in [0, 0.05) is 18.8 Å². The number of nitrogens with zero attached hydrogens (tertiary/aromatic N) is 3. The molecule has 0 atom stereocenters. The molecule has 0 aliphatic heterocycles. The monoisotopic (exact) mass is 281 g/mol. The summed E-state index contributed by atoms with van der Waals surface area (Å²) in [5, 5.41) is 8.51. The average molecular weight is 281 g/mol. The zero-order chi connectivity index (χ0) is 14.9. The Morgan fingerprint density at radius 2 is 1.24 bits per heavy atom. The molecule has 3 nitrogen and oxygen atoms in total. The van der Waals surface area contributed by atoms with Gasteiger partial charge in [0.15, 0.2) is 0 Å². The van der Waals surface area contributed by atoms with Crippen LogP contribution in [0.4, 0.5) is 17.1 Å². The van der Waals surface area contributed by atoms with Crippen LogP contribution in [0.2, 0.25) is 0 Å². The van der Waals surface area contributed by atoms with E-state index in [1.165, 1.54) is 5.69 Å². The minimum Gasteiger partial charge on any atom is -0.372 e. The maximum atomic E-state index is 4.28. The lowest BCUT2D eigenvalue weighted by molar-refractivity contribution is 0.745. The van der Waals surface area contributed by atoms with Crippen molar-refractivity contribution in [3.05, 3.63) is 54.6 Å². The Labute approximate surface area is 127 Å². The molecule has 0 fully saturated rings. The van der Waals surface area contributed by atoms with E-state index in [4.69, 9.17) is 0 Å². The van der Waals surface area contributed by atoms with Crippen molar-refractivity contribution in [2.45, 2.75) is 26.7 Å². The smallest absolute Gasteiger partial charge is 0.0858 e. The van der Waals surface area contributed by atoms with Crippen LogP contribution in [0.3, 0.4) is 0 Å². The summed E-state index contributed by atoms with van der Waals surface area (Å²) in [7, 11) is 0. The third kappa shape index (κ3) is 4.71. The number of hydrogen-bond donors (Lipinski definition) is 0. The average Bonchev–Trinajstić information content (AvgIpc) is 2.54. The lowest BCUT2D eigenvalue weighted by Crippen LogP contribution is -2.24. The van der Waals surface area contributed by atoms with Crippen LogP contribution in [0.1, 0.15) is 26.7 Å². The van der Waals surface area contributed by atoms with E-state index in [2.05, 4.69) is 41.1 Å². The Morgan fingerprint density at radius 1 is 0.714 bits per heavy atom. The molecule has 21 heavy (non-hydrogen) atoms. The number of azo groups is 1. The number of anilines is 1. The van der Waals surface area contributed by atoms with Crippen molar-refractivity contribution in [2.24, 2.45) is 10.2 Å². The second kappa shape index (κ2) is 8.20. The second-order valence-electron chi connectivity index (χ2n) is 5.04. The van der Waals surface area contributed by atoms with Crippen molar-refractivity contribution in [3.63, 3.8) is 0 Å². The first-order valence-corrected chi connectivity index (χ1v) is 7.65. The van der Waals surface area contributed by atoms with Crippen molar-refractivity contribution in [2.75, 3.05) is 18.0 Å². The van der Waals surface area contributed by atoms with Crippen LogP contribution in [0.25, 0.3) is 0 Å². The molecule has 2 aromatic rings. The lowest BCUT2D eigenvalue weighted by Gasteiger charge is -2.23. The van der Waals surface area contributed by atoms with Crippen LogP contribution in [0.15, 0.2) is 64.8 Å². The van der Waals surface area contributed by atoms with Crippen LogP contribution in [-0.4, -0.2) is 13.1 Å². The van der Waals surface area contributed by atoms with Crippen LogP contribution in [0.5, 0.6) is 0 Å². The SMILES string of the molecule is CCCN(CCC)c1ccc(/N=N/c2ccccc2)cc1. The maximum Gasteiger partial charge on any atom is 0.0858 e. The molecule has 2 aromatic carbocycles. The van der Waals surface area contributed by atoms with Crippen LogP contribution >= 0.6 is 0 Å². The molecular formula is C18H23N3. The van der Waals surface area contributed by atoms with E-state index in [0.717, 1.165) is 37.3 Å². The number of benzene rings is 2. The minimum atomic E-state index is 0.875. The van der Waals surface area contributed by atoms with E-state index in [9.17, 15) is 0 Å². The lowest BCUT2D eigenvalue weighted by atomic mass is 10.2. The Morgan fingerprint density at radius 3 is 1.76 bits per heavy atom. The summed E-state index contributed by atoms with van der Waals surface area (Å²) in [6.07, 6.45) is 2.32. The first-order chi connectivity index (χ1) is 10.3. The fourth-order valence-corrected chi connectivity index (χ4v) is 2.25. The maximum absolute atomic E-state index is 4.28. The Kier molecular flexibility index (Phi) is 5.95. The molecule has 0 aliphatic rings. The van der Waals surface area contributed by atoms with Crippen molar-refractivity contribution < 1.29 is 0 Å². The summed E-state index contributed by atoms with van der Waals surface area (Å²) in [4.78, 5) is 2.41. The standard InChI is InChI=1S/C18H23N3/c1-3-14-21(15-4-2)18-12-10-17(11-13-18)20-19-16-8-6-5-7-9-16/h5-13H,3-4,14-15H2,1-2H3/b20-19+. The number of hydrogen-bond acceptors (Lipinski definition) is 3. The molecule has 2 rings (SSSR count). The van der Waals surface area contributed by atoms with E-state index in [-0.39, 0.29) is 0 Å². The molecule has 0 aliphatic carbocycles. The second-order valence-corrected chi connectivity index (χ2v) is 5.04. The molecule has 0 radical (unpaired) electrons. The Balaban J connectivity index is 2.06. The van der Waals surface area contributed by atoms with Crippen molar-refractivity contribution in [1.29, 1.82) is 0 Å². The normalized spacial score (nSPS) is 11.0. The molecule has 0 saturated carbocycles. The van der Waals surface area contributed by atoms with Crippen LogP contribution in [-0.2, 0) is 0 Å². The summed E-state index contributed by atoms with van der Waals surface area (Å²) in [6, 6.07) is 18.1. The van der Waals surface area contributed by atoms with E-state index in [1.54, 1.807) is 0 Å². The highest BCUT2D eigenvalue weighted by molar-refractivity contribution is 5.52. The molecule has 0 saturated heterocycles. The summed E-state index contributed by atoms with van der Waals surface area (Å²) >= 11 is 0. The zero-order valence-electron chi connectivity index (χ0n) is 12.9. The molecular weight excluding hydrogens is 258 g/mol. The van der Waals surface area contributed by atoms with Gasteiger partial charge in [-0.1, -0.05) is 32.0 Å². The van der Waals surface area contributed by atoms with Gasteiger partial charge in [-0.05, 0) is 49.2 Å². The molecule has 0 amide bonds. The van der Waals surface area contributed by atoms with Crippen LogP contribution in [0, 0.1) is 0 Å². The van der Waals surface area contributed by atoms with Gasteiger partial charge in [-0.15, -0.1) is 0 Å². The van der Waals surface area contributed by atoms with Gasteiger partial charge in [0.25, 0.3) is 0 Å². The van der Waals surface area contributed by atoms with E-state index >= 15 is 0 Å². The van der Waals surface area contributed by atoms with Gasteiger partial charge in [-0.2, -0.15) is 10.2 Å². The fourth-order valence-electron chi connectivity index (χ4n) is 2.25. The van der Waals surface area contributed by atoms with Crippen molar-refractivity contribution >= 4 is 17.1 Å². The Hall–Kier alpha value is -2.16. The predicted molar refractivity (Wildman–Crippen MR) is 89.9 cm³/mol. The highest BCUT2D eigenvalue weighted by Crippen LogP contribution is 2.22. The highest BCUT2D eigenvalue weighted by atomic mass is 15.1. The molecule has 110 valence electrons. The molecule has 0 bridgehead atoms. The van der Waals surface area contributed by atoms with E-state index in [0.29, 0.717) is 0 Å². The summed E-state index contributed by atoms with van der Waals surface area (Å²) < 4.78 is 0. The van der Waals surface area contributed by atoms with E-state index < -0.39 is 0 Å². The summed E-state index contributed by atoms with van der Waals surface area (Å²) in [6.45, 7) is 6.62. The molecule has 0 aromatic heterocycles. The summed E-state index contributed by atoms with van der Waals surface area (Å²) in [5.74, 6) is 0. The van der Waals surface area contributed by atoms with Gasteiger partial charge in [-0.3, -0.25) is 0 Å². The van der Waals surface area contributed by atoms with Gasteiger partial charge in [0.2, 0.25) is 0 Å². The highest BCUT2D eigenvalue weighted by Gasteiger charge is 2.03. The van der Waals surface area contributed by atoms with Gasteiger partial charge in [-0.25, -0.2) is 0 Å². The van der Waals surface area contributed by atoms with Gasteiger partial charge >= 0.3 is 0 Å². The Bertz CT molecular complexity index is 540. The third-order valence-corrected chi connectivity index (χ3v) is 3.24. The fraction of sp³-hybridized carbons (Fsp3) is 0.333. The summed E-state index contributed by atoms with van der Waals surface area (Å²) in [5.41, 5.74) is 3.02. The number of rotatable bonds is 7. The molecule has 0 heterocycles. The zero-order valence-corrected chi connectivity index (χ0v) is 12.9. The quantitative estimate of drug-likeness (QED) is 0.596. The first-order valence-electron chi connectivity index (χ1n) is 7.65. The molecule has 3 heteroatoms. The van der Waals surface area contributed by atoms with Gasteiger partial charge in [0.1, 0.15) is 0 Å². The molecule has 0 N–H and O–H groups in total. The topological polar surface area (TPSA) is 28.0 Å². The predicted octanol–water partition coefficient (Wildman–Crippen LogP) is 5.73. The third-order valence-electron chi connectivity index (χ3n) is 3.24. The molecule has 0 spiro atoms. The van der Waals surface area contributed by atoms with Gasteiger partial charge in [0.05, 0.1) is 11.4 Å².